The average molecular weight is 184 g/mol. The minimum absolute atomic E-state index is 0.0353. The second kappa shape index (κ2) is 3.32. The average Bonchev–Trinajstić information content (AvgIpc) is 1.79. The first kappa shape index (κ1) is 10.6. The molecule has 76 valence electrons. The summed E-state index contributed by atoms with van der Waals surface area (Å²) in [6.07, 6.45) is 4.87. The lowest BCUT2D eigenvalue weighted by Crippen LogP contribution is -2.32. The summed E-state index contributed by atoms with van der Waals surface area (Å²) in [5.74, 6) is -0.653. The molecule has 2 nitrogen and oxygen atoms in total. The number of hydrogen-bond acceptors (Lipinski definition) is 1. The highest BCUT2D eigenvalue weighted by Gasteiger charge is 2.37. The quantitative estimate of drug-likeness (QED) is 0.716. The standard InChI is InChI=1S/C11H20O2/c1-10(2)5-4-6-11(3,8-10)7-9(12)13/h4-8H2,1-3H3,(H,12,13). The molecular formula is C11H20O2. The van der Waals surface area contributed by atoms with E-state index >= 15 is 0 Å². The van der Waals surface area contributed by atoms with Crippen molar-refractivity contribution in [2.75, 3.05) is 0 Å². The third-order valence-corrected chi connectivity index (χ3v) is 3.12. The van der Waals surface area contributed by atoms with Gasteiger partial charge in [0.05, 0.1) is 6.42 Å². The van der Waals surface area contributed by atoms with Crippen LogP contribution in [0.25, 0.3) is 0 Å². The van der Waals surface area contributed by atoms with Crippen molar-refractivity contribution >= 4 is 5.97 Å². The van der Waals surface area contributed by atoms with E-state index in [1.807, 2.05) is 0 Å². The molecule has 0 spiro atoms. The monoisotopic (exact) mass is 184 g/mol. The minimum Gasteiger partial charge on any atom is -0.481 e. The van der Waals surface area contributed by atoms with Crippen LogP contribution in [0.4, 0.5) is 0 Å². The van der Waals surface area contributed by atoms with Crippen molar-refractivity contribution in [1.82, 2.24) is 0 Å². The van der Waals surface area contributed by atoms with Crippen LogP contribution in [0.1, 0.15) is 52.9 Å². The smallest absolute Gasteiger partial charge is 0.303 e. The Morgan fingerprint density at radius 1 is 1.31 bits per heavy atom. The Labute approximate surface area is 80.3 Å². The van der Waals surface area contributed by atoms with E-state index in [-0.39, 0.29) is 5.41 Å². The van der Waals surface area contributed by atoms with Gasteiger partial charge < -0.3 is 5.11 Å². The fraction of sp³-hybridized carbons (Fsp3) is 0.909. The Hall–Kier alpha value is -0.530. The van der Waals surface area contributed by atoms with Gasteiger partial charge in [0.25, 0.3) is 0 Å². The molecule has 0 aromatic rings. The first-order chi connectivity index (χ1) is 5.83. The molecule has 0 radical (unpaired) electrons. The Morgan fingerprint density at radius 3 is 2.38 bits per heavy atom. The van der Waals surface area contributed by atoms with E-state index in [9.17, 15) is 4.79 Å². The molecule has 0 aromatic carbocycles. The predicted molar refractivity (Wildman–Crippen MR) is 52.6 cm³/mol. The highest BCUT2D eigenvalue weighted by Crippen LogP contribution is 2.47. The van der Waals surface area contributed by atoms with Crippen LogP contribution in [0.15, 0.2) is 0 Å². The first-order valence-corrected chi connectivity index (χ1v) is 5.05. The highest BCUT2D eigenvalue weighted by molar-refractivity contribution is 5.67. The maximum atomic E-state index is 10.7. The van der Waals surface area contributed by atoms with Gasteiger partial charge in [-0.3, -0.25) is 4.79 Å². The van der Waals surface area contributed by atoms with E-state index in [1.54, 1.807) is 0 Å². The molecule has 0 aliphatic heterocycles. The van der Waals surface area contributed by atoms with Crippen molar-refractivity contribution in [3.8, 4) is 0 Å². The fourth-order valence-corrected chi connectivity index (χ4v) is 2.84. The Balaban J connectivity index is 2.63. The number of carboxylic acid groups (broad SMARTS) is 1. The predicted octanol–water partition coefficient (Wildman–Crippen LogP) is 3.07. The van der Waals surface area contributed by atoms with Gasteiger partial charge in [-0.05, 0) is 30.1 Å². The summed E-state index contributed by atoms with van der Waals surface area (Å²) in [6, 6.07) is 0. The molecule has 0 heterocycles. The van der Waals surface area contributed by atoms with Crippen molar-refractivity contribution < 1.29 is 9.90 Å². The van der Waals surface area contributed by atoms with Gasteiger partial charge in [-0.1, -0.05) is 27.2 Å². The largest absolute Gasteiger partial charge is 0.481 e. The zero-order valence-electron chi connectivity index (χ0n) is 8.89. The lowest BCUT2D eigenvalue weighted by molar-refractivity contribution is -0.140. The maximum Gasteiger partial charge on any atom is 0.303 e. The van der Waals surface area contributed by atoms with Crippen LogP contribution in [-0.4, -0.2) is 11.1 Å². The van der Waals surface area contributed by atoms with E-state index in [4.69, 9.17) is 5.11 Å². The normalized spacial score (nSPS) is 32.8. The molecule has 0 aromatic heterocycles. The molecule has 1 aliphatic rings. The molecule has 13 heavy (non-hydrogen) atoms. The molecule has 1 saturated carbocycles. The summed E-state index contributed by atoms with van der Waals surface area (Å²) >= 11 is 0. The molecule has 0 saturated heterocycles. The van der Waals surface area contributed by atoms with Crippen LogP contribution in [-0.2, 0) is 4.79 Å². The Morgan fingerprint density at radius 2 is 1.92 bits per heavy atom. The first-order valence-electron chi connectivity index (χ1n) is 5.05. The van der Waals surface area contributed by atoms with Crippen molar-refractivity contribution in [3.63, 3.8) is 0 Å². The van der Waals surface area contributed by atoms with E-state index in [0.717, 1.165) is 12.8 Å². The molecular weight excluding hydrogens is 164 g/mol. The van der Waals surface area contributed by atoms with Crippen LogP contribution >= 0.6 is 0 Å². The van der Waals surface area contributed by atoms with E-state index < -0.39 is 5.97 Å². The van der Waals surface area contributed by atoms with E-state index in [2.05, 4.69) is 20.8 Å². The highest BCUT2D eigenvalue weighted by atomic mass is 16.4. The van der Waals surface area contributed by atoms with E-state index in [1.165, 1.54) is 12.8 Å². The molecule has 1 N–H and O–H groups in total. The lowest BCUT2D eigenvalue weighted by Gasteiger charge is -2.42. The van der Waals surface area contributed by atoms with Gasteiger partial charge >= 0.3 is 5.97 Å². The van der Waals surface area contributed by atoms with Crippen molar-refractivity contribution in [3.05, 3.63) is 0 Å². The third kappa shape index (κ3) is 3.02. The SMILES string of the molecule is CC1(C)CCCC(C)(CC(=O)O)C1. The molecule has 1 unspecified atom stereocenters. The van der Waals surface area contributed by atoms with Crippen LogP contribution < -0.4 is 0 Å². The molecule has 1 atom stereocenters. The summed E-state index contributed by atoms with van der Waals surface area (Å²) in [5, 5.41) is 8.80. The number of aliphatic carboxylic acids is 1. The van der Waals surface area contributed by atoms with Crippen molar-refractivity contribution in [2.24, 2.45) is 10.8 Å². The molecule has 0 amide bonds. The summed E-state index contributed by atoms with van der Waals surface area (Å²) in [4.78, 5) is 10.7. The summed E-state index contributed by atoms with van der Waals surface area (Å²) in [5.41, 5.74) is 0.371. The summed E-state index contributed by atoms with van der Waals surface area (Å²) in [7, 11) is 0. The molecule has 0 bridgehead atoms. The zero-order chi connectivity index (χ0) is 10.1. The lowest BCUT2D eigenvalue weighted by atomic mass is 9.63. The Bertz CT molecular complexity index is 208. The summed E-state index contributed by atoms with van der Waals surface area (Å²) < 4.78 is 0. The van der Waals surface area contributed by atoms with Crippen LogP contribution in [0.3, 0.4) is 0 Å². The second-order valence-electron chi connectivity index (χ2n) is 5.58. The summed E-state index contributed by atoms with van der Waals surface area (Å²) in [6.45, 7) is 6.60. The maximum absolute atomic E-state index is 10.7. The van der Waals surface area contributed by atoms with E-state index in [0.29, 0.717) is 11.8 Å². The van der Waals surface area contributed by atoms with Gasteiger partial charge in [0.2, 0.25) is 0 Å². The third-order valence-electron chi connectivity index (χ3n) is 3.12. The van der Waals surface area contributed by atoms with Crippen molar-refractivity contribution in [2.45, 2.75) is 52.9 Å². The van der Waals surface area contributed by atoms with Crippen LogP contribution in [0.2, 0.25) is 0 Å². The fourth-order valence-electron chi connectivity index (χ4n) is 2.84. The number of hydrogen-bond donors (Lipinski definition) is 1. The Kier molecular flexibility index (Phi) is 2.69. The van der Waals surface area contributed by atoms with Gasteiger partial charge in [-0.25, -0.2) is 0 Å². The van der Waals surface area contributed by atoms with Crippen LogP contribution in [0.5, 0.6) is 0 Å². The van der Waals surface area contributed by atoms with Crippen LogP contribution in [0, 0.1) is 10.8 Å². The zero-order valence-corrected chi connectivity index (χ0v) is 8.89. The minimum atomic E-state index is -0.653. The van der Waals surface area contributed by atoms with Gasteiger partial charge in [0, 0.05) is 0 Å². The molecule has 1 aliphatic carbocycles. The van der Waals surface area contributed by atoms with Crippen molar-refractivity contribution in [1.29, 1.82) is 0 Å². The van der Waals surface area contributed by atoms with Gasteiger partial charge in [0.15, 0.2) is 0 Å². The van der Waals surface area contributed by atoms with Gasteiger partial charge in [-0.2, -0.15) is 0 Å². The molecule has 2 heteroatoms. The second-order valence-corrected chi connectivity index (χ2v) is 5.58. The van der Waals surface area contributed by atoms with Gasteiger partial charge in [-0.15, -0.1) is 0 Å². The number of carboxylic acids is 1. The molecule has 1 rings (SSSR count). The van der Waals surface area contributed by atoms with Gasteiger partial charge in [0.1, 0.15) is 0 Å². The topological polar surface area (TPSA) is 37.3 Å². The molecule has 1 fully saturated rings. The number of rotatable bonds is 2. The number of carbonyl (C=O) groups is 1.